The largest absolute Gasteiger partial charge is 0.345 e. The first-order chi connectivity index (χ1) is 9.45. The summed E-state index contributed by atoms with van der Waals surface area (Å²) in [6.07, 6.45) is 0.647. The number of benzene rings is 1. The highest BCUT2D eigenvalue weighted by Crippen LogP contribution is 2.05. The van der Waals surface area contributed by atoms with Gasteiger partial charge >= 0.3 is 0 Å². The summed E-state index contributed by atoms with van der Waals surface area (Å²) in [6, 6.07) is 7.44. The summed E-state index contributed by atoms with van der Waals surface area (Å²) >= 11 is 0. The Morgan fingerprint density at radius 1 is 1.05 bits per heavy atom. The van der Waals surface area contributed by atoms with Crippen molar-refractivity contribution in [1.29, 1.82) is 0 Å². The van der Waals surface area contributed by atoms with Gasteiger partial charge in [0.25, 0.3) is 5.91 Å². The molecular formula is C15H20N2O3. The Bertz CT molecular complexity index is 471. The molecule has 0 bridgehead atoms. The van der Waals surface area contributed by atoms with E-state index in [2.05, 4.69) is 10.6 Å². The lowest BCUT2D eigenvalue weighted by Gasteiger charge is -2.22. The molecule has 0 saturated carbocycles. The summed E-state index contributed by atoms with van der Waals surface area (Å²) in [5.41, 5.74) is 0.495. The highest BCUT2D eigenvalue weighted by molar-refractivity contribution is 5.97. The lowest BCUT2D eigenvalue weighted by atomic mass is 10.0. The van der Waals surface area contributed by atoms with E-state index in [4.69, 9.17) is 0 Å². The molecule has 1 aromatic carbocycles. The molecule has 2 atom stereocenters. The molecule has 2 N–H and O–H groups in total. The van der Waals surface area contributed by atoms with Gasteiger partial charge in [-0.2, -0.15) is 0 Å². The van der Waals surface area contributed by atoms with Crippen molar-refractivity contribution in [3.8, 4) is 0 Å². The minimum absolute atomic E-state index is 0.0819. The number of aldehydes is 1. The van der Waals surface area contributed by atoms with E-state index in [1.54, 1.807) is 31.2 Å². The maximum Gasteiger partial charge on any atom is 0.251 e. The topological polar surface area (TPSA) is 75.3 Å². The minimum atomic E-state index is -0.676. The van der Waals surface area contributed by atoms with Gasteiger partial charge in [0.15, 0.2) is 0 Å². The zero-order chi connectivity index (χ0) is 15.1. The summed E-state index contributed by atoms with van der Waals surface area (Å²) in [7, 11) is 0. The van der Waals surface area contributed by atoms with Gasteiger partial charge in [-0.3, -0.25) is 9.59 Å². The number of nitrogens with one attached hydrogen (secondary N) is 2. The smallest absolute Gasteiger partial charge is 0.251 e. The van der Waals surface area contributed by atoms with Crippen LogP contribution >= 0.6 is 0 Å². The third-order valence-electron chi connectivity index (χ3n) is 2.85. The quantitative estimate of drug-likeness (QED) is 0.765. The number of rotatable bonds is 6. The van der Waals surface area contributed by atoms with Gasteiger partial charge in [-0.25, -0.2) is 0 Å². The first-order valence-electron chi connectivity index (χ1n) is 6.57. The van der Waals surface area contributed by atoms with Crippen LogP contribution < -0.4 is 10.6 Å². The van der Waals surface area contributed by atoms with E-state index in [9.17, 15) is 14.4 Å². The Morgan fingerprint density at radius 2 is 1.65 bits per heavy atom. The number of amides is 2. The molecule has 5 heteroatoms. The average molecular weight is 276 g/mol. The van der Waals surface area contributed by atoms with Gasteiger partial charge in [0.2, 0.25) is 5.91 Å². The molecule has 2 amide bonds. The molecule has 0 aliphatic heterocycles. The minimum Gasteiger partial charge on any atom is -0.345 e. The van der Waals surface area contributed by atoms with E-state index < -0.39 is 12.1 Å². The van der Waals surface area contributed by atoms with E-state index in [0.717, 1.165) is 0 Å². The molecule has 0 radical (unpaired) electrons. The highest BCUT2D eigenvalue weighted by Gasteiger charge is 2.25. The van der Waals surface area contributed by atoms with Crippen LogP contribution in [0.2, 0.25) is 0 Å². The van der Waals surface area contributed by atoms with E-state index in [0.29, 0.717) is 11.8 Å². The molecular weight excluding hydrogens is 256 g/mol. The second-order valence-electron chi connectivity index (χ2n) is 4.99. The first kappa shape index (κ1) is 15.9. The van der Waals surface area contributed by atoms with Crippen LogP contribution in [-0.2, 0) is 9.59 Å². The molecule has 20 heavy (non-hydrogen) atoms. The molecule has 5 nitrogen and oxygen atoms in total. The van der Waals surface area contributed by atoms with Crippen molar-refractivity contribution in [3.05, 3.63) is 35.9 Å². The van der Waals surface area contributed by atoms with Gasteiger partial charge in [0.05, 0.1) is 6.04 Å². The summed E-state index contributed by atoms with van der Waals surface area (Å²) in [4.78, 5) is 34.7. The molecule has 0 aliphatic carbocycles. The Labute approximate surface area is 118 Å². The van der Waals surface area contributed by atoms with Gasteiger partial charge in [-0.05, 0) is 25.0 Å². The SMILES string of the molecule is CC(C)[C@H](NC(=O)c1ccccc1)C(=O)N[C@@H](C)C=O. The summed E-state index contributed by atoms with van der Waals surface area (Å²) < 4.78 is 0. The van der Waals surface area contributed by atoms with Gasteiger partial charge in [-0.1, -0.05) is 32.0 Å². The van der Waals surface area contributed by atoms with Crippen LogP contribution in [0.15, 0.2) is 30.3 Å². The lowest BCUT2D eigenvalue weighted by Crippen LogP contribution is -2.51. The van der Waals surface area contributed by atoms with Crippen molar-refractivity contribution in [2.75, 3.05) is 0 Å². The van der Waals surface area contributed by atoms with Crippen LogP contribution in [0.3, 0.4) is 0 Å². The number of carbonyl (C=O) groups excluding carboxylic acids is 3. The zero-order valence-electron chi connectivity index (χ0n) is 11.9. The van der Waals surface area contributed by atoms with Gasteiger partial charge in [0, 0.05) is 5.56 Å². The average Bonchev–Trinajstić information content (AvgIpc) is 2.44. The maximum atomic E-state index is 12.1. The molecule has 1 aromatic rings. The highest BCUT2D eigenvalue weighted by atomic mass is 16.2. The summed E-state index contributed by atoms with van der Waals surface area (Å²) in [5.74, 6) is -0.747. The third kappa shape index (κ3) is 4.50. The molecule has 0 aliphatic rings. The van der Waals surface area contributed by atoms with Gasteiger partial charge in [0.1, 0.15) is 12.3 Å². The fourth-order valence-electron chi connectivity index (χ4n) is 1.70. The molecule has 0 aromatic heterocycles. The summed E-state index contributed by atoms with van der Waals surface area (Å²) in [5, 5.41) is 5.24. The first-order valence-corrected chi connectivity index (χ1v) is 6.57. The normalized spacial score (nSPS) is 13.4. The van der Waals surface area contributed by atoms with E-state index >= 15 is 0 Å². The Morgan fingerprint density at radius 3 is 2.15 bits per heavy atom. The van der Waals surface area contributed by atoms with Crippen molar-refractivity contribution in [2.24, 2.45) is 5.92 Å². The van der Waals surface area contributed by atoms with Crippen LogP contribution in [0, 0.1) is 5.92 Å². The zero-order valence-corrected chi connectivity index (χ0v) is 11.9. The number of carbonyl (C=O) groups is 3. The maximum absolute atomic E-state index is 12.1. The Balaban J connectivity index is 2.75. The molecule has 0 heterocycles. The van der Waals surface area contributed by atoms with Crippen molar-refractivity contribution in [3.63, 3.8) is 0 Å². The monoisotopic (exact) mass is 276 g/mol. The van der Waals surface area contributed by atoms with Crippen LogP contribution in [0.25, 0.3) is 0 Å². The van der Waals surface area contributed by atoms with Crippen LogP contribution in [0.5, 0.6) is 0 Å². The fraction of sp³-hybridized carbons (Fsp3) is 0.400. The third-order valence-corrected chi connectivity index (χ3v) is 2.85. The predicted octanol–water partition coefficient (Wildman–Crippen LogP) is 1.14. The second-order valence-corrected chi connectivity index (χ2v) is 4.99. The molecule has 0 spiro atoms. The molecule has 108 valence electrons. The van der Waals surface area contributed by atoms with Gasteiger partial charge in [-0.15, -0.1) is 0 Å². The van der Waals surface area contributed by atoms with Crippen LogP contribution in [0.4, 0.5) is 0 Å². The molecule has 0 unspecified atom stereocenters. The van der Waals surface area contributed by atoms with Gasteiger partial charge < -0.3 is 15.4 Å². The molecule has 1 rings (SSSR count). The number of hydrogen-bond donors (Lipinski definition) is 2. The van der Waals surface area contributed by atoms with E-state index in [1.807, 2.05) is 19.9 Å². The number of hydrogen-bond acceptors (Lipinski definition) is 3. The van der Waals surface area contributed by atoms with Crippen molar-refractivity contribution >= 4 is 18.1 Å². The second kappa shape index (κ2) is 7.43. The van der Waals surface area contributed by atoms with Crippen LogP contribution in [0.1, 0.15) is 31.1 Å². The Kier molecular flexibility index (Phi) is 5.90. The summed E-state index contributed by atoms with van der Waals surface area (Å²) in [6.45, 7) is 5.25. The molecule has 0 saturated heterocycles. The predicted molar refractivity (Wildman–Crippen MR) is 76.2 cm³/mol. The van der Waals surface area contributed by atoms with Crippen LogP contribution in [-0.4, -0.2) is 30.2 Å². The standard InChI is InChI=1S/C15H20N2O3/c1-10(2)13(15(20)16-11(3)9-18)17-14(19)12-7-5-4-6-8-12/h4-11,13H,1-3H3,(H,16,20)(H,17,19)/t11-,13-/m0/s1. The van der Waals surface area contributed by atoms with E-state index in [1.165, 1.54) is 0 Å². The molecule has 0 fully saturated rings. The van der Waals surface area contributed by atoms with Crippen molar-refractivity contribution in [2.45, 2.75) is 32.9 Å². The fourth-order valence-corrected chi connectivity index (χ4v) is 1.70. The lowest BCUT2D eigenvalue weighted by molar-refractivity contribution is -0.126. The van der Waals surface area contributed by atoms with Crippen molar-refractivity contribution in [1.82, 2.24) is 10.6 Å². The van der Waals surface area contributed by atoms with Crippen molar-refractivity contribution < 1.29 is 14.4 Å². The Hall–Kier alpha value is -2.17. The van der Waals surface area contributed by atoms with E-state index in [-0.39, 0.29) is 17.7 Å².